The largest absolute Gasteiger partial charge is 0.459 e. The van der Waals surface area contributed by atoms with Crippen LogP contribution in [-0.2, 0) is 30.2 Å². The summed E-state index contributed by atoms with van der Waals surface area (Å²) in [6.45, 7) is 7.49. The minimum Gasteiger partial charge on any atom is -0.459 e. The molecule has 1 heterocycles. The van der Waals surface area contributed by atoms with E-state index in [4.69, 9.17) is 18.9 Å². The van der Waals surface area contributed by atoms with Crippen LogP contribution in [-0.4, -0.2) is 31.3 Å². The number of carbonyl (C=O) groups excluding carboxylic acids is 2. The fraction of sp³-hybridized carbons (Fsp3) is 0.250. The van der Waals surface area contributed by atoms with Crippen molar-refractivity contribution in [2.24, 2.45) is 0 Å². The van der Waals surface area contributed by atoms with Gasteiger partial charge < -0.3 is 18.9 Å². The Labute approximate surface area is 175 Å². The number of hydrogen-bond acceptors (Lipinski definition) is 6. The van der Waals surface area contributed by atoms with Crippen molar-refractivity contribution >= 4 is 11.9 Å². The Bertz CT molecular complexity index is 939. The van der Waals surface area contributed by atoms with E-state index in [1.54, 1.807) is 13.8 Å². The number of rotatable bonds is 9. The van der Waals surface area contributed by atoms with Gasteiger partial charge in [-0.1, -0.05) is 36.9 Å². The van der Waals surface area contributed by atoms with Crippen LogP contribution >= 0.6 is 0 Å². The maximum absolute atomic E-state index is 12.3. The van der Waals surface area contributed by atoms with Crippen LogP contribution in [0.2, 0.25) is 0 Å². The van der Waals surface area contributed by atoms with Crippen molar-refractivity contribution in [3.8, 4) is 11.5 Å². The van der Waals surface area contributed by atoms with Gasteiger partial charge in [-0.2, -0.15) is 0 Å². The summed E-state index contributed by atoms with van der Waals surface area (Å²) >= 11 is 0. The Balaban J connectivity index is 1.72. The molecule has 1 aliphatic rings. The van der Waals surface area contributed by atoms with E-state index in [0.717, 1.165) is 11.3 Å². The molecule has 0 N–H and O–H groups in total. The molecule has 1 fully saturated rings. The second-order valence-electron chi connectivity index (χ2n) is 7.01. The van der Waals surface area contributed by atoms with Crippen molar-refractivity contribution in [2.75, 3.05) is 13.2 Å². The molecule has 0 bridgehead atoms. The van der Waals surface area contributed by atoms with Crippen LogP contribution < -0.4 is 4.74 Å². The molecule has 1 saturated heterocycles. The van der Waals surface area contributed by atoms with E-state index >= 15 is 0 Å². The fourth-order valence-electron chi connectivity index (χ4n) is 2.48. The second-order valence-corrected chi connectivity index (χ2v) is 7.01. The van der Waals surface area contributed by atoms with Crippen molar-refractivity contribution < 1.29 is 28.5 Å². The molecule has 0 amide bonds. The molecule has 3 rings (SSSR count). The maximum Gasteiger partial charge on any atom is 0.338 e. The average molecular weight is 408 g/mol. The Morgan fingerprint density at radius 2 is 1.63 bits per heavy atom. The van der Waals surface area contributed by atoms with Crippen molar-refractivity contribution in [3.05, 3.63) is 83.6 Å². The summed E-state index contributed by atoms with van der Waals surface area (Å²) in [7, 11) is 0. The van der Waals surface area contributed by atoms with Gasteiger partial charge in [0.15, 0.2) is 0 Å². The van der Waals surface area contributed by atoms with Gasteiger partial charge in [0.25, 0.3) is 0 Å². The molecular weight excluding hydrogens is 384 g/mol. The summed E-state index contributed by atoms with van der Waals surface area (Å²) in [6.07, 6.45) is 0.200. The lowest BCUT2D eigenvalue weighted by molar-refractivity contribution is -0.140. The molecule has 1 aliphatic heterocycles. The fourth-order valence-corrected chi connectivity index (χ4v) is 2.48. The molecule has 0 radical (unpaired) electrons. The smallest absolute Gasteiger partial charge is 0.338 e. The van der Waals surface area contributed by atoms with E-state index in [0.29, 0.717) is 12.4 Å². The molecule has 156 valence electrons. The normalized spacial score (nSPS) is 15.6. The van der Waals surface area contributed by atoms with Gasteiger partial charge in [0.2, 0.25) is 0 Å². The summed E-state index contributed by atoms with van der Waals surface area (Å²) in [5, 5.41) is 0. The first-order chi connectivity index (χ1) is 14.4. The monoisotopic (exact) mass is 408 g/mol. The number of esters is 2. The van der Waals surface area contributed by atoms with E-state index in [2.05, 4.69) is 6.58 Å². The predicted molar refractivity (Wildman–Crippen MR) is 111 cm³/mol. The topological polar surface area (TPSA) is 74.4 Å². The molecule has 30 heavy (non-hydrogen) atoms. The summed E-state index contributed by atoms with van der Waals surface area (Å²) in [6, 6.07) is 16.8. The standard InChI is InChI=1S/C24H24O6/c1-16(2)23(25)30-22(17(3)24(26)28-15-21-14-27-21)13-18-9-11-20(12-10-18)29-19-7-5-4-6-8-19/h4-12,21H,1,13-15H2,2-3H3/b22-17-. The number of allylic oxidation sites excluding steroid dienone is 1. The highest BCUT2D eigenvalue weighted by Gasteiger charge is 2.25. The first kappa shape index (κ1) is 21.3. The molecular formula is C24H24O6. The Kier molecular flexibility index (Phi) is 7.03. The highest BCUT2D eigenvalue weighted by atomic mass is 16.6. The van der Waals surface area contributed by atoms with Gasteiger partial charge in [0, 0.05) is 12.0 Å². The number of para-hydroxylation sites is 1. The number of ether oxygens (including phenoxy) is 4. The lowest BCUT2D eigenvalue weighted by atomic mass is 10.1. The highest BCUT2D eigenvalue weighted by molar-refractivity contribution is 5.91. The van der Waals surface area contributed by atoms with E-state index in [9.17, 15) is 9.59 Å². The van der Waals surface area contributed by atoms with Crippen LogP contribution in [0.25, 0.3) is 0 Å². The van der Waals surface area contributed by atoms with Crippen molar-refractivity contribution in [1.82, 2.24) is 0 Å². The van der Waals surface area contributed by atoms with E-state index < -0.39 is 11.9 Å². The van der Waals surface area contributed by atoms with Crippen molar-refractivity contribution in [2.45, 2.75) is 26.4 Å². The molecule has 6 nitrogen and oxygen atoms in total. The molecule has 0 saturated carbocycles. The molecule has 0 aliphatic carbocycles. The Hall–Kier alpha value is -3.38. The zero-order valence-electron chi connectivity index (χ0n) is 17.1. The van der Waals surface area contributed by atoms with Gasteiger partial charge in [-0.3, -0.25) is 0 Å². The summed E-state index contributed by atoms with van der Waals surface area (Å²) in [4.78, 5) is 24.4. The van der Waals surface area contributed by atoms with Gasteiger partial charge in [-0.05, 0) is 43.7 Å². The number of epoxide rings is 1. The number of hydrogen-bond donors (Lipinski definition) is 0. The molecule has 0 aromatic heterocycles. The number of benzene rings is 2. The third-order valence-electron chi connectivity index (χ3n) is 4.36. The third kappa shape index (κ3) is 6.32. The Morgan fingerprint density at radius 3 is 2.23 bits per heavy atom. The van der Waals surface area contributed by atoms with Crippen LogP contribution in [0.15, 0.2) is 78.1 Å². The maximum atomic E-state index is 12.3. The molecule has 2 aromatic rings. The summed E-state index contributed by atoms with van der Waals surface area (Å²) in [5.74, 6) is 0.502. The Morgan fingerprint density at radius 1 is 1.00 bits per heavy atom. The predicted octanol–water partition coefficient (Wildman–Crippen LogP) is 4.36. The van der Waals surface area contributed by atoms with Crippen LogP contribution in [0.5, 0.6) is 11.5 Å². The molecule has 0 spiro atoms. The van der Waals surface area contributed by atoms with E-state index in [1.807, 2.05) is 54.6 Å². The minimum atomic E-state index is -0.591. The van der Waals surface area contributed by atoms with E-state index in [1.165, 1.54) is 0 Å². The van der Waals surface area contributed by atoms with Crippen LogP contribution in [0, 0.1) is 0 Å². The summed E-state index contributed by atoms with van der Waals surface area (Å²) in [5.41, 5.74) is 1.32. The quantitative estimate of drug-likeness (QED) is 0.266. The molecule has 1 atom stereocenters. The van der Waals surface area contributed by atoms with Crippen molar-refractivity contribution in [3.63, 3.8) is 0 Å². The van der Waals surface area contributed by atoms with Crippen LogP contribution in [0.1, 0.15) is 19.4 Å². The van der Waals surface area contributed by atoms with Gasteiger partial charge in [-0.15, -0.1) is 0 Å². The third-order valence-corrected chi connectivity index (χ3v) is 4.36. The number of carbonyl (C=O) groups is 2. The average Bonchev–Trinajstić information content (AvgIpc) is 3.57. The lowest BCUT2D eigenvalue weighted by Gasteiger charge is -2.13. The molecule has 6 heteroatoms. The first-order valence-corrected chi connectivity index (χ1v) is 9.60. The zero-order chi connectivity index (χ0) is 21.5. The summed E-state index contributed by atoms with van der Waals surface area (Å²) < 4.78 is 21.5. The van der Waals surface area contributed by atoms with Gasteiger partial charge in [0.05, 0.1) is 12.2 Å². The second kappa shape index (κ2) is 9.89. The van der Waals surface area contributed by atoms with Gasteiger partial charge in [-0.25, -0.2) is 9.59 Å². The first-order valence-electron chi connectivity index (χ1n) is 9.60. The minimum absolute atomic E-state index is 0.0414. The van der Waals surface area contributed by atoms with Gasteiger partial charge >= 0.3 is 11.9 Å². The zero-order valence-corrected chi connectivity index (χ0v) is 17.1. The SMILES string of the molecule is C=C(C)C(=O)O/C(Cc1ccc(Oc2ccccc2)cc1)=C(/C)C(=O)OCC1CO1. The molecule has 1 unspecified atom stereocenters. The molecule has 2 aromatic carbocycles. The van der Waals surface area contributed by atoms with Gasteiger partial charge in [0.1, 0.15) is 30.0 Å². The van der Waals surface area contributed by atoms with Crippen LogP contribution in [0.3, 0.4) is 0 Å². The lowest BCUT2D eigenvalue weighted by Crippen LogP contribution is -2.16. The highest BCUT2D eigenvalue weighted by Crippen LogP contribution is 2.23. The van der Waals surface area contributed by atoms with Crippen molar-refractivity contribution in [1.29, 1.82) is 0 Å². The van der Waals surface area contributed by atoms with E-state index in [-0.39, 0.29) is 36.0 Å². The van der Waals surface area contributed by atoms with Crippen LogP contribution in [0.4, 0.5) is 0 Å².